The van der Waals surface area contributed by atoms with Gasteiger partial charge < -0.3 is 24.6 Å². The van der Waals surface area contributed by atoms with E-state index in [4.69, 9.17) is 14.2 Å². The first kappa shape index (κ1) is 24.4. The summed E-state index contributed by atoms with van der Waals surface area (Å²) in [6, 6.07) is 10.6. The highest BCUT2D eigenvalue weighted by Gasteiger charge is 2.42. The van der Waals surface area contributed by atoms with Gasteiger partial charge in [0.05, 0.1) is 18.8 Å². The van der Waals surface area contributed by atoms with Crippen LogP contribution >= 0.6 is 11.3 Å². The second-order valence-corrected chi connectivity index (χ2v) is 11.4. The van der Waals surface area contributed by atoms with Crippen LogP contribution in [0.1, 0.15) is 46.6 Å². The molecule has 0 aliphatic carbocycles. The Morgan fingerprint density at radius 3 is 2.47 bits per heavy atom. The summed E-state index contributed by atoms with van der Waals surface area (Å²) in [6.45, 7) is 9.76. The van der Waals surface area contributed by atoms with Crippen LogP contribution in [0.15, 0.2) is 41.2 Å². The van der Waals surface area contributed by atoms with Crippen molar-refractivity contribution in [3.05, 3.63) is 52.2 Å². The van der Waals surface area contributed by atoms with Crippen LogP contribution in [0.4, 0.5) is 4.79 Å². The van der Waals surface area contributed by atoms with Gasteiger partial charge in [0.15, 0.2) is 11.2 Å². The molecule has 1 fully saturated rings. The first-order valence-corrected chi connectivity index (χ1v) is 12.1. The number of carbonyl (C=O) groups excluding carboxylic acids is 1. The molecule has 1 saturated heterocycles. The number of amides is 1. The summed E-state index contributed by atoms with van der Waals surface area (Å²) in [5.41, 5.74) is -0.404. The molecule has 0 unspecified atom stereocenters. The van der Waals surface area contributed by atoms with Crippen molar-refractivity contribution in [1.29, 1.82) is 0 Å². The normalized spacial score (nSPS) is 17.6. The number of alkyl carbamates (subject to hydrolysis) is 1. The molecule has 4 rings (SSSR count). The van der Waals surface area contributed by atoms with Gasteiger partial charge in [0.25, 0.3) is 0 Å². The Bertz CT molecular complexity index is 1280. The molecular formula is C26H31NO6S. The molecule has 34 heavy (non-hydrogen) atoms. The van der Waals surface area contributed by atoms with E-state index in [0.29, 0.717) is 36.8 Å². The maximum absolute atomic E-state index is 12.9. The molecule has 1 aromatic heterocycles. The van der Waals surface area contributed by atoms with Crippen molar-refractivity contribution in [3.8, 4) is 5.75 Å². The second kappa shape index (κ2) is 8.83. The third kappa shape index (κ3) is 5.51. The quantitative estimate of drug-likeness (QED) is 0.500. The van der Waals surface area contributed by atoms with Crippen molar-refractivity contribution in [3.63, 3.8) is 0 Å². The summed E-state index contributed by atoms with van der Waals surface area (Å²) in [4.78, 5) is 25.5. The molecule has 0 saturated carbocycles. The molecule has 1 amide bonds. The number of nitrogens with one attached hydrogen (secondary N) is 1. The van der Waals surface area contributed by atoms with E-state index in [1.54, 1.807) is 12.1 Å². The van der Waals surface area contributed by atoms with Gasteiger partial charge in [0, 0.05) is 20.2 Å². The number of hydrogen-bond donors (Lipinski definition) is 2. The minimum Gasteiger partial charge on any atom is -0.508 e. The molecule has 182 valence electrons. The molecular weight excluding hydrogens is 454 g/mol. The van der Waals surface area contributed by atoms with Gasteiger partial charge in [-0.3, -0.25) is 4.79 Å². The number of hydrogen-bond acceptors (Lipinski definition) is 7. The van der Waals surface area contributed by atoms with Gasteiger partial charge in [-0.2, -0.15) is 0 Å². The fourth-order valence-electron chi connectivity index (χ4n) is 3.93. The third-order valence-electron chi connectivity index (χ3n) is 5.77. The summed E-state index contributed by atoms with van der Waals surface area (Å²) < 4.78 is 19.0. The van der Waals surface area contributed by atoms with Crippen LogP contribution in [0.2, 0.25) is 0 Å². The van der Waals surface area contributed by atoms with Crippen molar-refractivity contribution in [2.45, 2.75) is 64.4 Å². The van der Waals surface area contributed by atoms with Gasteiger partial charge in [-0.1, -0.05) is 6.07 Å². The van der Waals surface area contributed by atoms with E-state index in [1.807, 2.05) is 52.8 Å². The lowest BCUT2D eigenvalue weighted by molar-refractivity contribution is -0.271. The Hall–Kier alpha value is -2.68. The largest absolute Gasteiger partial charge is 0.508 e. The van der Waals surface area contributed by atoms with E-state index in [0.717, 1.165) is 15.0 Å². The Morgan fingerprint density at radius 1 is 1.09 bits per heavy atom. The zero-order valence-corrected chi connectivity index (χ0v) is 21.0. The van der Waals surface area contributed by atoms with Crippen LogP contribution in [-0.4, -0.2) is 41.3 Å². The lowest BCUT2D eigenvalue weighted by Gasteiger charge is -2.44. The average molecular weight is 486 g/mol. The summed E-state index contributed by atoms with van der Waals surface area (Å²) in [7, 11) is 0. The second-order valence-electron chi connectivity index (χ2n) is 10.3. The van der Waals surface area contributed by atoms with Gasteiger partial charge in [-0.05, 0) is 83.4 Å². The van der Waals surface area contributed by atoms with E-state index in [-0.39, 0.29) is 11.2 Å². The summed E-state index contributed by atoms with van der Waals surface area (Å²) >= 11 is 1.52. The molecule has 2 N–H and O–H groups in total. The van der Waals surface area contributed by atoms with Crippen molar-refractivity contribution < 1.29 is 24.1 Å². The highest BCUT2D eigenvalue weighted by Crippen LogP contribution is 2.30. The predicted octanol–water partition coefficient (Wildman–Crippen LogP) is 5.10. The average Bonchev–Trinajstić information content (AvgIpc) is 2.74. The number of ether oxygens (including phenoxy) is 3. The minimum atomic E-state index is -0.735. The maximum Gasteiger partial charge on any atom is 0.408 e. The molecule has 7 nitrogen and oxygen atoms in total. The lowest BCUT2D eigenvalue weighted by Crippen LogP contribution is -2.61. The molecule has 1 aliphatic rings. The highest BCUT2D eigenvalue weighted by atomic mass is 32.1. The number of fused-ring (bicyclic) bond motifs is 2. The standard InChI is InChI=1S/C26H31NO6S/c1-24(2,3)33-23(30)27-26(14-31-25(4,5)32-15-26)11-10-16-6-8-18-21(12-16)34-20-9-7-17(28)13-19(20)22(18)29/h6-9,12-13,28H,10-11,14-15H2,1-5H3,(H,27,30). The van der Waals surface area contributed by atoms with Crippen LogP contribution < -0.4 is 10.7 Å². The molecule has 1 aliphatic heterocycles. The van der Waals surface area contributed by atoms with Gasteiger partial charge in [0.2, 0.25) is 0 Å². The van der Waals surface area contributed by atoms with Gasteiger partial charge >= 0.3 is 6.09 Å². The number of rotatable bonds is 4. The predicted molar refractivity (Wildman–Crippen MR) is 134 cm³/mol. The lowest BCUT2D eigenvalue weighted by atomic mass is 9.91. The Kier molecular flexibility index (Phi) is 6.35. The van der Waals surface area contributed by atoms with Crippen LogP contribution in [-0.2, 0) is 20.6 Å². The van der Waals surface area contributed by atoms with Crippen molar-refractivity contribution in [2.75, 3.05) is 13.2 Å². The van der Waals surface area contributed by atoms with Crippen LogP contribution in [0.3, 0.4) is 0 Å². The van der Waals surface area contributed by atoms with Crippen LogP contribution in [0.25, 0.3) is 20.2 Å². The number of aryl methyl sites for hydroxylation is 1. The summed E-state index contributed by atoms with van der Waals surface area (Å²) in [6.07, 6.45) is 0.711. The highest BCUT2D eigenvalue weighted by molar-refractivity contribution is 7.24. The van der Waals surface area contributed by atoms with Crippen molar-refractivity contribution in [2.24, 2.45) is 0 Å². The molecule has 0 radical (unpaired) electrons. The van der Waals surface area contributed by atoms with Gasteiger partial charge in [0.1, 0.15) is 11.4 Å². The summed E-state index contributed by atoms with van der Waals surface area (Å²) in [5, 5.41) is 13.9. The topological polar surface area (TPSA) is 94.1 Å². The Morgan fingerprint density at radius 2 is 1.79 bits per heavy atom. The number of phenols is 1. The fraction of sp³-hybridized carbons (Fsp3) is 0.462. The molecule has 2 aromatic carbocycles. The Labute approximate surface area is 202 Å². The van der Waals surface area contributed by atoms with E-state index in [2.05, 4.69) is 5.32 Å². The third-order valence-corrected chi connectivity index (χ3v) is 6.90. The van der Waals surface area contributed by atoms with Crippen molar-refractivity contribution in [1.82, 2.24) is 5.32 Å². The first-order valence-electron chi connectivity index (χ1n) is 11.3. The number of aromatic hydroxyl groups is 1. The number of carbonyl (C=O) groups is 1. The van der Waals surface area contributed by atoms with E-state index in [1.165, 1.54) is 17.4 Å². The molecule has 8 heteroatoms. The fourth-order valence-corrected chi connectivity index (χ4v) is 5.05. The minimum absolute atomic E-state index is 0.0793. The zero-order valence-electron chi connectivity index (χ0n) is 20.2. The number of phenolic OH excluding ortho intramolecular Hbond substituents is 1. The van der Waals surface area contributed by atoms with E-state index in [9.17, 15) is 14.7 Å². The smallest absolute Gasteiger partial charge is 0.408 e. The maximum atomic E-state index is 12.9. The number of benzene rings is 2. The van der Waals surface area contributed by atoms with Crippen LogP contribution in [0.5, 0.6) is 5.75 Å². The Balaban J connectivity index is 1.58. The van der Waals surface area contributed by atoms with Crippen LogP contribution in [0, 0.1) is 0 Å². The van der Waals surface area contributed by atoms with Gasteiger partial charge in [-0.15, -0.1) is 11.3 Å². The monoisotopic (exact) mass is 485 g/mol. The molecule has 3 aromatic rings. The van der Waals surface area contributed by atoms with E-state index >= 15 is 0 Å². The molecule has 0 bridgehead atoms. The molecule has 2 heterocycles. The molecule has 0 atom stereocenters. The van der Waals surface area contributed by atoms with E-state index < -0.39 is 23.0 Å². The SMILES string of the molecule is CC(C)(C)OC(=O)NC1(CCc2ccc3c(=O)c4cc(O)ccc4sc3c2)COC(C)(C)OC1. The zero-order chi connectivity index (χ0) is 24.7. The van der Waals surface area contributed by atoms with Crippen molar-refractivity contribution >= 4 is 37.6 Å². The molecule has 0 spiro atoms. The first-order chi connectivity index (χ1) is 15.8. The summed E-state index contributed by atoms with van der Waals surface area (Å²) in [5.74, 6) is -0.639. The van der Waals surface area contributed by atoms with Gasteiger partial charge in [-0.25, -0.2) is 4.79 Å².